The summed E-state index contributed by atoms with van der Waals surface area (Å²) in [6, 6.07) is 33.5. The highest BCUT2D eigenvalue weighted by Gasteiger charge is 2.39. The molecule has 4 N–H and O–H groups in total. The van der Waals surface area contributed by atoms with Gasteiger partial charge >= 0.3 is 12.2 Å². The Morgan fingerprint density at radius 1 is 0.716 bits per heavy atom. The molecule has 2 fully saturated rings. The van der Waals surface area contributed by atoms with Crippen LogP contribution < -0.4 is 10.6 Å². The van der Waals surface area contributed by atoms with Crippen molar-refractivity contribution in [1.82, 2.24) is 40.4 Å². The van der Waals surface area contributed by atoms with E-state index in [0.29, 0.717) is 36.7 Å². The second kappa shape index (κ2) is 19.3. The summed E-state index contributed by atoms with van der Waals surface area (Å²) in [7, 11) is 2.57. The molecule has 2 aromatic heterocycles. The number of likely N-dealkylation sites (tertiary alicyclic amines) is 2. The predicted molar refractivity (Wildman–Crippen MR) is 255 cm³/mol. The molecule has 7 aromatic rings. The van der Waals surface area contributed by atoms with Gasteiger partial charge in [-0.1, -0.05) is 105 Å². The van der Waals surface area contributed by atoms with Crippen LogP contribution in [0, 0.1) is 17.8 Å². The van der Waals surface area contributed by atoms with Crippen LogP contribution in [0.3, 0.4) is 0 Å². The molecule has 340 valence electrons. The average Bonchev–Trinajstić information content (AvgIpc) is 4.21. The number of methoxy groups -OCH3 is 2. The Labute approximate surface area is 388 Å². The lowest BCUT2D eigenvalue weighted by atomic mass is 9.94. The van der Waals surface area contributed by atoms with Gasteiger partial charge in [0.25, 0.3) is 5.91 Å². The van der Waals surface area contributed by atoms with Gasteiger partial charge < -0.3 is 39.9 Å². The Morgan fingerprint density at radius 3 is 2.10 bits per heavy atom. The first kappa shape index (κ1) is 44.3. The van der Waals surface area contributed by atoms with E-state index in [1.165, 1.54) is 14.2 Å². The first-order valence-electron chi connectivity index (χ1n) is 22.6. The first-order valence-corrected chi connectivity index (χ1v) is 22.6. The van der Waals surface area contributed by atoms with E-state index in [9.17, 15) is 19.2 Å². The van der Waals surface area contributed by atoms with Crippen molar-refractivity contribution >= 4 is 45.8 Å². The molecule has 0 saturated carbocycles. The number of fused-ring (bicyclic) bond motifs is 3. The molecule has 4 heterocycles. The summed E-state index contributed by atoms with van der Waals surface area (Å²) in [5, 5.41) is 7.47. The number of carbonyl (C=O) groups is 4. The maximum atomic E-state index is 14.1. The lowest BCUT2D eigenvalue weighted by molar-refractivity contribution is -0.135. The maximum Gasteiger partial charge on any atom is 0.407 e. The normalized spacial score (nSPS) is 16.7. The monoisotopic (exact) mass is 896 g/mol. The van der Waals surface area contributed by atoms with Crippen molar-refractivity contribution in [1.29, 1.82) is 0 Å². The van der Waals surface area contributed by atoms with E-state index in [1.54, 1.807) is 11.1 Å². The zero-order valence-electron chi connectivity index (χ0n) is 37.8. The Balaban J connectivity index is 1.01. The van der Waals surface area contributed by atoms with Gasteiger partial charge in [0.15, 0.2) is 0 Å². The highest BCUT2D eigenvalue weighted by atomic mass is 16.5. The molecule has 2 aliphatic heterocycles. The maximum absolute atomic E-state index is 14.1. The van der Waals surface area contributed by atoms with Crippen molar-refractivity contribution in [2.75, 3.05) is 27.3 Å². The molecule has 0 bridgehead atoms. The second-order valence-electron chi connectivity index (χ2n) is 17.3. The van der Waals surface area contributed by atoms with Crippen molar-refractivity contribution in [3.05, 3.63) is 144 Å². The van der Waals surface area contributed by atoms with Crippen LogP contribution in [0.5, 0.6) is 0 Å². The number of amides is 4. The van der Waals surface area contributed by atoms with Crippen LogP contribution in [0.4, 0.5) is 9.59 Å². The van der Waals surface area contributed by atoms with Gasteiger partial charge in [-0.2, -0.15) is 0 Å². The van der Waals surface area contributed by atoms with Crippen LogP contribution in [0.25, 0.3) is 44.2 Å². The van der Waals surface area contributed by atoms with Gasteiger partial charge in [-0.15, -0.1) is 0 Å². The number of ether oxygens (including phenoxy) is 2. The Hall–Kier alpha value is -7.92. The molecular formula is C53H52N8O6. The van der Waals surface area contributed by atoms with Crippen molar-refractivity contribution in [2.24, 2.45) is 5.92 Å². The number of hydrogen-bond acceptors (Lipinski definition) is 8. The Kier molecular flexibility index (Phi) is 12.7. The minimum absolute atomic E-state index is 0.133. The summed E-state index contributed by atoms with van der Waals surface area (Å²) in [5.74, 6) is 7.68. The Bertz CT molecular complexity index is 3030. The first-order chi connectivity index (χ1) is 32.6. The molecule has 4 amide bonds. The van der Waals surface area contributed by atoms with Crippen molar-refractivity contribution < 1.29 is 28.7 Å². The fourth-order valence-electron chi connectivity index (χ4n) is 9.32. The summed E-state index contributed by atoms with van der Waals surface area (Å²) in [6.07, 6.45) is 3.56. The zero-order chi connectivity index (χ0) is 46.6. The summed E-state index contributed by atoms with van der Waals surface area (Å²) < 4.78 is 9.69. The highest BCUT2D eigenvalue weighted by molar-refractivity contribution is 6.05. The fourth-order valence-corrected chi connectivity index (χ4v) is 9.32. The molecule has 14 nitrogen and oxygen atoms in total. The SMILES string of the molecule is COC(=O)N[C@H](C(=O)N1CCC[C@H]1c1nc2ccc3cc(-c4ccc(-c5cnc([C@@H]6CCCN6C(=O)[C@H](NC(=O)OC)c6ccccc6)[nH]5)cc4C#Cc4ccccc4)ccc3c2[nH]1)C(C)C. The molecule has 2 aliphatic rings. The lowest BCUT2D eigenvalue weighted by Crippen LogP contribution is -2.51. The van der Waals surface area contributed by atoms with Crippen LogP contribution in [-0.4, -0.2) is 87.1 Å². The summed E-state index contributed by atoms with van der Waals surface area (Å²) >= 11 is 0. The summed E-state index contributed by atoms with van der Waals surface area (Å²) in [4.78, 5) is 73.0. The topological polar surface area (TPSA) is 175 Å². The molecule has 2 saturated heterocycles. The molecule has 5 aromatic carbocycles. The third kappa shape index (κ3) is 9.18. The number of imidazole rings is 2. The molecule has 14 heteroatoms. The molecule has 9 rings (SSSR count). The number of H-pyrrole nitrogens is 2. The van der Waals surface area contributed by atoms with Crippen molar-refractivity contribution in [2.45, 2.75) is 63.7 Å². The molecule has 67 heavy (non-hydrogen) atoms. The van der Waals surface area contributed by atoms with Crippen molar-refractivity contribution in [3.63, 3.8) is 0 Å². The van der Waals surface area contributed by atoms with Gasteiger partial charge in [-0.05, 0) is 84.0 Å². The summed E-state index contributed by atoms with van der Waals surface area (Å²) in [5.41, 5.74) is 7.69. The van der Waals surface area contributed by atoms with E-state index in [1.807, 2.05) is 85.5 Å². The molecule has 0 unspecified atom stereocenters. The number of rotatable bonds is 10. The number of aromatic nitrogens is 4. The van der Waals surface area contributed by atoms with Crippen LogP contribution in [-0.2, 0) is 19.1 Å². The van der Waals surface area contributed by atoms with Crippen LogP contribution >= 0.6 is 0 Å². The number of carbonyl (C=O) groups excluding carboxylic acids is 4. The number of nitrogens with one attached hydrogen (secondary N) is 4. The lowest BCUT2D eigenvalue weighted by Gasteiger charge is -2.29. The predicted octanol–water partition coefficient (Wildman–Crippen LogP) is 8.98. The van der Waals surface area contributed by atoms with E-state index in [0.717, 1.165) is 74.6 Å². The minimum Gasteiger partial charge on any atom is -0.453 e. The van der Waals surface area contributed by atoms with Gasteiger partial charge in [-0.3, -0.25) is 9.59 Å². The highest BCUT2D eigenvalue weighted by Crippen LogP contribution is 2.38. The molecule has 4 atom stereocenters. The van der Waals surface area contributed by atoms with Crippen LogP contribution in [0.15, 0.2) is 115 Å². The Morgan fingerprint density at radius 2 is 1.39 bits per heavy atom. The van der Waals surface area contributed by atoms with Gasteiger partial charge in [0.05, 0.1) is 49.2 Å². The average molecular weight is 897 g/mol. The van der Waals surface area contributed by atoms with Gasteiger partial charge in [0.1, 0.15) is 23.7 Å². The number of hydrogen-bond donors (Lipinski definition) is 4. The molecule has 0 spiro atoms. The largest absolute Gasteiger partial charge is 0.453 e. The van der Waals surface area contributed by atoms with Gasteiger partial charge in [0.2, 0.25) is 5.91 Å². The smallest absolute Gasteiger partial charge is 0.407 e. The standard InChI is InChI=1S/C53H52N8O6/c1-32(2)45(58-52(64)66-3)50(62)61-28-12-18-44(61)49-55-41-26-23-37-29-36(21-25-40(37)47(41)57-49)39-24-22-38(30-35(39)20-19-33-13-7-5-8-14-33)42-31-54-48(56-42)43-17-11-27-60(43)51(63)46(59-53(65)67-4)34-15-9-6-10-16-34/h5-10,13-16,21-26,29-32,43-46H,11-12,17-18,27-28H2,1-4H3,(H,54,56)(H,55,57)(H,58,64)(H,59,65)/t43-,44-,45-,46+/m0/s1. The second-order valence-corrected chi connectivity index (χ2v) is 17.3. The number of nitrogens with zero attached hydrogens (tertiary/aromatic N) is 4. The number of benzene rings is 5. The zero-order valence-corrected chi connectivity index (χ0v) is 37.8. The number of alkyl carbamates (subject to hydrolysis) is 2. The van der Waals surface area contributed by atoms with Crippen molar-refractivity contribution in [3.8, 4) is 34.2 Å². The quantitative estimate of drug-likeness (QED) is 0.0985. The third-order valence-corrected chi connectivity index (χ3v) is 12.8. The summed E-state index contributed by atoms with van der Waals surface area (Å²) in [6.45, 7) is 4.90. The van der Waals surface area contributed by atoms with E-state index in [2.05, 4.69) is 74.9 Å². The van der Waals surface area contributed by atoms with E-state index in [-0.39, 0.29) is 29.8 Å². The van der Waals surface area contributed by atoms with Gasteiger partial charge in [-0.25, -0.2) is 19.6 Å². The molecule has 0 radical (unpaired) electrons. The fraction of sp³-hybridized carbons (Fsp3) is 0.283. The minimum atomic E-state index is -0.915. The van der Waals surface area contributed by atoms with Gasteiger partial charge in [0, 0.05) is 35.2 Å². The van der Waals surface area contributed by atoms with Crippen LogP contribution in [0.1, 0.15) is 86.0 Å². The molecular weight excluding hydrogens is 845 g/mol. The van der Waals surface area contributed by atoms with E-state index >= 15 is 0 Å². The molecule has 0 aliphatic carbocycles. The van der Waals surface area contributed by atoms with E-state index in [4.69, 9.17) is 19.4 Å². The third-order valence-electron chi connectivity index (χ3n) is 12.8. The number of aromatic amines is 2. The van der Waals surface area contributed by atoms with E-state index < -0.39 is 24.3 Å². The van der Waals surface area contributed by atoms with Crippen LogP contribution in [0.2, 0.25) is 0 Å².